The van der Waals surface area contributed by atoms with Crippen molar-refractivity contribution < 1.29 is 14.3 Å². The summed E-state index contributed by atoms with van der Waals surface area (Å²) < 4.78 is 11.2. The molecule has 2 N–H and O–H groups in total. The second kappa shape index (κ2) is 10.9. The maximum atomic E-state index is 11.8. The van der Waals surface area contributed by atoms with Gasteiger partial charge in [0, 0.05) is 17.6 Å². The number of anilines is 2. The molecule has 0 saturated carbocycles. The number of hydrogen-bond donors (Lipinski definition) is 2. The number of hydrogen-bond acceptors (Lipinski definition) is 6. The van der Waals surface area contributed by atoms with Gasteiger partial charge < -0.3 is 20.1 Å². The van der Waals surface area contributed by atoms with Crippen LogP contribution in [0.2, 0.25) is 0 Å². The molecule has 0 aliphatic carbocycles. The maximum absolute atomic E-state index is 11.8. The quantitative estimate of drug-likeness (QED) is 0.295. The average molecular weight is 483 g/mol. The number of para-hydroxylation sites is 1. The fraction of sp³-hybridized carbons (Fsp3) is 0.207. The van der Waals surface area contributed by atoms with Crippen LogP contribution in [0, 0.1) is 6.92 Å². The van der Waals surface area contributed by atoms with Crippen molar-refractivity contribution in [3.8, 4) is 11.5 Å². The summed E-state index contributed by atoms with van der Waals surface area (Å²) in [5, 5.41) is 7.02. The first-order chi connectivity index (χ1) is 17.3. The highest BCUT2D eigenvalue weighted by atomic mass is 16.6. The molecule has 1 aromatic heterocycles. The monoisotopic (exact) mass is 482 g/mol. The second-order valence-electron chi connectivity index (χ2n) is 9.30. The Morgan fingerprint density at radius 1 is 1.00 bits per heavy atom. The molecule has 1 heterocycles. The number of carbonyl (C=O) groups excluding carboxylic acids is 1. The molecule has 0 aliphatic heterocycles. The molecule has 0 unspecified atom stereocenters. The van der Waals surface area contributed by atoms with Crippen LogP contribution < -0.4 is 15.4 Å². The number of nitrogens with zero attached hydrogens (tertiary/aromatic N) is 2. The van der Waals surface area contributed by atoms with Gasteiger partial charge in [0.15, 0.2) is 0 Å². The summed E-state index contributed by atoms with van der Waals surface area (Å²) in [5.41, 5.74) is 3.17. The predicted molar refractivity (Wildman–Crippen MR) is 144 cm³/mol. The molecule has 7 nitrogen and oxygen atoms in total. The maximum Gasteiger partial charge on any atom is 0.407 e. The molecule has 0 aliphatic rings. The number of aromatic nitrogens is 2. The van der Waals surface area contributed by atoms with Crippen LogP contribution in [0.3, 0.4) is 0 Å². The van der Waals surface area contributed by atoms with Crippen LogP contribution >= 0.6 is 0 Å². The number of rotatable bonds is 7. The first kappa shape index (κ1) is 24.7. The molecule has 0 atom stereocenters. The van der Waals surface area contributed by atoms with Crippen LogP contribution in [0.1, 0.15) is 31.9 Å². The Balaban J connectivity index is 1.46. The number of ether oxygens (including phenoxy) is 2. The lowest BCUT2D eigenvalue weighted by atomic mass is 10.1. The Labute approximate surface area is 211 Å². The molecule has 0 bridgehead atoms. The first-order valence-electron chi connectivity index (χ1n) is 11.8. The van der Waals surface area contributed by atoms with Gasteiger partial charge in [-0.05, 0) is 81.3 Å². The third kappa shape index (κ3) is 6.82. The lowest BCUT2D eigenvalue weighted by Gasteiger charge is -2.19. The summed E-state index contributed by atoms with van der Waals surface area (Å²) in [7, 11) is 0. The zero-order valence-electron chi connectivity index (χ0n) is 20.9. The Morgan fingerprint density at radius 3 is 2.56 bits per heavy atom. The number of nitrogens with one attached hydrogen (secondary N) is 2. The summed E-state index contributed by atoms with van der Waals surface area (Å²) >= 11 is 0. The summed E-state index contributed by atoms with van der Waals surface area (Å²) in [6.07, 6.45) is 4.91. The minimum atomic E-state index is -0.524. The van der Waals surface area contributed by atoms with Crippen molar-refractivity contribution in [1.29, 1.82) is 0 Å². The normalized spacial score (nSPS) is 11.4. The van der Waals surface area contributed by atoms with Crippen molar-refractivity contribution >= 4 is 34.6 Å². The molecular weight excluding hydrogens is 452 g/mol. The van der Waals surface area contributed by atoms with Gasteiger partial charge in [0.05, 0.1) is 5.52 Å². The molecule has 4 aromatic rings. The number of alkyl carbamates (subject to hydrolysis) is 1. The molecule has 36 heavy (non-hydrogen) atoms. The number of aryl methyl sites for hydroxylation is 1. The Bertz CT molecular complexity index is 1380. The summed E-state index contributed by atoms with van der Waals surface area (Å²) in [6, 6.07) is 21.6. The van der Waals surface area contributed by atoms with Crippen LogP contribution in [0.15, 0.2) is 79.1 Å². The summed E-state index contributed by atoms with van der Waals surface area (Å²) in [5.74, 6) is 2.30. The van der Waals surface area contributed by atoms with E-state index >= 15 is 0 Å². The standard InChI is InChI=1S/C29H30N4O3/c1-20-17-22(13-15-26(20)35-23-10-6-5-7-11-23)33-27-24-18-21(12-14-25(24)31-19-32-27)9-8-16-30-28(34)36-29(2,3)4/h5-15,17-19H,16H2,1-4H3,(H,30,34)(H,31,32,33)/b9-8+. The zero-order chi connectivity index (χ0) is 25.5. The fourth-order valence-corrected chi connectivity index (χ4v) is 3.52. The molecule has 7 heteroatoms. The highest BCUT2D eigenvalue weighted by molar-refractivity contribution is 5.92. The SMILES string of the molecule is Cc1cc(Nc2ncnc3ccc(/C=C/CNC(=O)OC(C)(C)C)cc23)ccc1Oc1ccccc1. The van der Waals surface area contributed by atoms with Crippen LogP contribution in [0.5, 0.6) is 11.5 Å². The van der Waals surface area contributed by atoms with Crippen molar-refractivity contribution in [2.45, 2.75) is 33.3 Å². The molecule has 0 saturated heterocycles. The Morgan fingerprint density at radius 2 is 1.81 bits per heavy atom. The lowest BCUT2D eigenvalue weighted by molar-refractivity contribution is 0.0534. The number of fused-ring (bicyclic) bond motifs is 1. The third-order valence-corrected chi connectivity index (χ3v) is 5.14. The number of benzene rings is 3. The van der Waals surface area contributed by atoms with Crippen LogP contribution in [-0.2, 0) is 4.74 Å². The van der Waals surface area contributed by atoms with Crippen molar-refractivity contribution in [1.82, 2.24) is 15.3 Å². The number of amides is 1. The van der Waals surface area contributed by atoms with E-state index < -0.39 is 11.7 Å². The Kier molecular flexibility index (Phi) is 7.49. The predicted octanol–water partition coefficient (Wildman–Crippen LogP) is 7.01. The first-order valence-corrected chi connectivity index (χ1v) is 11.8. The van der Waals surface area contributed by atoms with E-state index in [0.717, 1.165) is 39.2 Å². The third-order valence-electron chi connectivity index (χ3n) is 5.14. The largest absolute Gasteiger partial charge is 0.457 e. The van der Waals surface area contributed by atoms with E-state index in [1.54, 1.807) is 6.33 Å². The lowest BCUT2D eigenvalue weighted by Crippen LogP contribution is -2.32. The van der Waals surface area contributed by atoms with E-state index in [1.165, 1.54) is 0 Å². The highest BCUT2D eigenvalue weighted by Crippen LogP contribution is 2.30. The van der Waals surface area contributed by atoms with Gasteiger partial charge in [-0.25, -0.2) is 14.8 Å². The summed E-state index contributed by atoms with van der Waals surface area (Å²) in [4.78, 5) is 20.7. The van der Waals surface area contributed by atoms with Gasteiger partial charge in [-0.1, -0.05) is 36.4 Å². The smallest absolute Gasteiger partial charge is 0.407 e. The van der Waals surface area contributed by atoms with Crippen LogP contribution in [0.4, 0.5) is 16.3 Å². The molecule has 0 radical (unpaired) electrons. The summed E-state index contributed by atoms with van der Waals surface area (Å²) in [6.45, 7) is 7.87. The Hall–Kier alpha value is -4.39. The van der Waals surface area contributed by atoms with Crippen LogP contribution in [-0.4, -0.2) is 28.2 Å². The molecule has 0 fully saturated rings. The van der Waals surface area contributed by atoms with Crippen molar-refractivity contribution in [3.05, 3.63) is 90.3 Å². The topological polar surface area (TPSA) is 85.4 Å². The van der Waals surface area contributed by atoms with Gasteiger partial charge in [-0.15, -0.1) is 0 Å². The minimum absolute atomic E-state index is 0.361. The van der Waals surface area contributed by atoms with E-state index in [1.807, 2.05) is 107 Å². The van der Waals surface area contributed by atoms with Gasteiger partial charge in [-0.2, -0.15) is 0 Å². The molecule has 4 rings (SSSR count). The minimum Gasteiger partial charge on any atom is -0.457 e. The van der Waals surface area contributed by atoms with E-state index in [-0.39, 0.29) is 0 Å². The van der Waals surface area contributed by atoms with Crippen molar-refractivity contribution in [3.63, 3.8) is 0 Å². The average Bonchev–Trinajstić information content (AvgIpc) is 2.83. The van der Waals surface area contributed by atoms with E-state index in [2.05, 4.69) is 20.6 Å². The van der Waals surface area contributed by atoms with Crippen LogP contribution in [0.25, 0.3) is 17.0 Å². The second-order valence-corrected chi connectivity index (χ2v) is 9.30. The van der Waals surface area contributed by atoms with Gasteiger partial charge in [0.2, 0.25) is 0 Å². The number of carbonyl (C=O) groups is 1. The van der Waals surface area contributed by atoms with Gasteiger partial charge >= 0.3 is 6.09 Å². The molecule has 184 valence electrons. The van der Waals surface area contributed by atoms with Gasteiger partial charge in [-0.3, -0.25) is 0 Å². The highest BCUT2D eigenvalue weighted by Gasteiger charge is 2.15. The van der Waals surface area contributed by atoms with Crippen molar-refractivity contribution in [2.75, 3.05) is 11.9 Å². The molecule has 1 amide bonds. The van der Waals surface area contributed by atoms with E-state index in [4.69, 9.17) is 9.47 Å². The van der Waals surface area contributed by atoms with Gasteiger partial charge in [0.1, 0.15) is 29.2 Å². The van der Waals surface area contributed by atoms with E-state index in [9.17, 15) is 4.79 Å². The van der Waals surface area contributed by atoms with Crippen molar-refractivity contribution in [2.24, 2.45) is 0 Å². The van der Waals surface area contributed by atoms with Gasteiger partial charge in [0.25, 0.3) is 0 Å². The van der Waals surface area contributed by atoms with E-state index in [0.29, 0.717) is 12.4 Å². The molecule has 3 aromatic carbocycles. The zero-order valence-corrected chi connectivity index (χ0v) is 20.9. The molecule has 0 spiro atoms. The molecular formula is C29H30N4O3. The fourth-order valence-electron chi connectivity index (χ4n) is 3.52.